The first-order chi connectivity index (χ1) is 4.92. The number of hydrogen-bond acceptors (Lipinski definition) is 2. The average Bonchev–Trinajstić information content (AvgIpc) is 2.44. The van der Waals surface area contributed by atoms with Crippen molar-refractivity contribution in [2.75, 3.05) is 0 Å². The molecule has 0 fully saturated rings. The van der Waals surface area contributed by atoms with Crippen molar-refractivity contribution in [2.24, 2.45) is 5.29 Å². The van der Waals surface area contributed by atoms with E-state index in [2.05, 4.69) is 5.29 Å². The van der Waals surface area contributed by atoms with Gasteiger partial charge in [-0.2, -0.15) is 4.68 Å². The summed E-state index contributed by atoms with van der Waals surface area (Å²) in [6.07, 6.45) is 5.25. The zero-order valence-corrected chi connectivity index (χ0v) is 5.14. The van der Waals surface area contributed by atoms with E-state index in [9.17, 15) is 4.91 Å². The van der Waals surface area contributed by atoms with Gasteiger partial charge in [0.2, 0.25) is 0 Å². The predicted molar refractivity (Wildman–Crippen MR) is 36.6 cm³/mol. The number of fused-ring (bicyclic) bond motifs is 1. The van der Waals surface area contributed by atoms with Crippen LogP contribution in [0.5, 0.6) is 0 Å². The van der Waals surface area contributed by atoms with Gasteiger partial charge in [0.1, 0.15) is 5.65 Å². The zero-order chi connectivity index (χ0) is 6.97. The number of aromatic nitrogens is 2. The van der Waals surface area contributed by atoms with E-state index < -0.39 is 0 Å². The molecule has 0 aromatic carbocycles. The third-order valence-corrected chi connectivity index (χ3v) is 1.45. The highest BCUT2D eigenvalue weighted by atomic mass is 16.3. The van der Waals surface area contributed by atoms with Crippen molar-refractivity contribution in [1.82, 2.24) is 9.08 Å². The molecule has 0 saturated carbocycles. The van der Waals surface area contributed by atoms with Gasteiger partial charge in [0, 0.05) is 12.4 Å². The van der Waals surface area contributed by atoms with Crippen LogP contribution in [0.25, 0.3) is 5.65 Å². The molecule has 2 aromatic rings. The second kappa shape index (κ2) is 1.70. The van der Waals surface area contributed by atoms with Crippen LogP contribution in [0, 0.1) is 4.91 Å². The normalized spacial score (nSPS) is 10.4. The molecule has 0 unspecified atom stereocenters. The molecule has 0 amide bonds. The summed E-state index contributed by atoms with van der Waals surface area (Å²) >= 11 is 0. The van der Waals surface area contributed by atoms with Crippen molar-refractivity contribution in [1.29, 1.82) is 0 Å². The van der Waals surface area contributed by atoms with Crippen LogP contribution >= 0.6 is 0 Å². The first-order valence-corrected chi connectivity index (χ1v) is 2.89. The molecule has 0 aliphatic rings. The van der Waals surface area contributed by atoms with Crippen LogP contribution in [0.1, 0.15) is 0 Å². The van der Waals surface area contributed by atoms with E-state index in [-0.39, 0.29) is 0 Å². The van der Waals surface area contributed by atoms with E-state index in [1.807, 2.05) is 22.7 Å². The van der Waals surface area contributed by atoms with Crippen LogP contribution in [0.3, 0.4) is 0 Å². The zero-order valence-electron chi connectivity index (χ0n) is 5.14. The summed E-state index contributed by atoms with van der Waals surface area (Å²) in [6.45, 7) is 0. The summed E-state index contributed by atoms with van der Waals surface area (Å²) < 4.78 is 3.10. The van der Waals surface area contributed by atoms with Crippen molar-refractivity contribution in [3.8, 4) is 0 Å². The molecule has 0 radical (unpaired) electrons. The standard InChI is InChI=1S/C6H5N3O/c10-7-9-5-4-8-3-1-2-6(8)9/h1-5H. The maximum atomic E-state index is 10.1. The van der Waals surface area contributed by atoms with Crippen LogP contribution in [0.15, 0.2) is 36.0 Å². The van der Waals surface area contributed by atoms with E-state index in [0.29, 0.717) is 0 Å². The molecule has 0 aliphatic heterocycles. The Hall–Kier alpha value is -1.58. The lowest BCUT2D eigenvalue weighted by Crippen LogP contribution is -1.81. The van der Waals surface area contributed by atoms with Crippen LogP contribution in [0.2, 0.25) is 0 Å². The molecule has 50 valence electrons. The molecular weight excluding hydrogens is 130 g/mol. The molecular formula is C6H5N3O. The molecule has 4 heteroatoms. The number of hydrogen-bond donors (Lipinski definition) is 0. The van der Waals surface area contributed by atoms with Gasteiger partial charge in [-0.05, 0) is 12.1 Å². The van der Waals surface area contributed by atoms with E-state index in [1.54, 1.807) is 12.4 Å². The van der Waals surface area contributed by atoms with Crippen LogP contribution in [0.4, 0.5) is 0 Å². The number of nitroso groups, excluding NO2 is 1. The molecule has 2 rings (SSSR count). The van der Waals surface area contributed by atoms with Crippen molar-refractivity contribution >= 4 is 5.65 Å². The van der Waals surface area contributed by atoms with E-state index in [4.69, 9.17) is 0 Å². The quantitative estimate of drug-likeness (QED) is 0.542. The van der Waals surface area contributed by atoms with Crippen molar-refractivity contribution in [3.63, 3.8) is 0 Å². The first kappa shape index (κ1) is 5.22. The summed E-state index contributed by atoms with van der Waals surface area (Å²) in [6, 6.07) is 3.68. The summed E-state index contributed by atoms with van der Waals surface area (Å²) in [7, 11) is 0. The molecule has 0 bridgehead atoms. The Morgan fingerprint density at radius 3 is 3.00 bits per heavy atom. The van der Waals surface area contributed by atoms with Crippen LogP contribution in [-0.4, -0.2) is 9.08 Å². The van der Waals surface area contributed by atoms with Gasteiger partial charge < -0.3 is 4.40 Å². The second-order valence-corrected chi connectivity index (χ2v) is 2.00. The fraction of sp³-hybridized carbons (Fsp3) is 0. The van der Waals surface area contributed by atoms with Gasteiger partial charge in [0.05, 0.1) is 11.5 Å². The minimum atomic E-state index is 0.787. The summed E-state index contributed by atoms with van der Waals surface area (Å²) in [5, 5.41) is 2.78. The second-order valence-electron chi connectivity index (χ2n) is 2.00. The molecule has 10 heavy (non-hydrogen) atoms. The summed E-state index contributed by atoms with van der Waals surface area (Å²) in [5.74, 6) is 0. The smallest absolute Gasteiger partial charge is 0.141 e. The van der Waals surface area contributed by atoms with Gasteiger partial charge in [-0.25, -0.2) is 0 Å². The maximum absolute atomic E-state index is 10.1. The van der Waals surface area contributed by atoms with E-state index in [1.165, 1.54) is 4.68 Å². The van der Waals surface area contributed by atoms with Gasteiger partial charge in [-0.15, -0.1) is 4.91 Å². The topological polar surface area (TPSA) is 38.8 Å². The monoisotopic (exact) mass is 135 g/mol. The molecule has 0 atom stereocenters. The van der Waals surface area contributed by atoms with Crippen molar-refractivity contribution < 1.29 is 0 Å². The molecule has 0 saturated heterocycles. The molecule has 0 spiro atoms. The Labute approximate surface area is 56.6 Å². The number of rotatable bonds is 1. The van der Waals surface area contributed by atoms with Gasteiger partial charge in [-0.1, -0.05) is 0 Å². The van der Waals surface area contributed by atoms with Gasteiger partial charge >= 0.3 is 0 Å². The Morgan fingerprint density at radius 1 is 1.30 bits per heavy atom. The fourth-order valence-corrected chi connectivity index (χ4v) is 0.985. The number of imidazole rings is 1. The van der Waals surface area contributed by atoms with Crippen LogP contribution in [-0.2, 0) is 0 Å². The molecule has 2 aromatic heterocycles. The summed E-state index contributed by atoms with van der Waals surface area (Å²) in [5.41, 5.74) is 0.787. The van der Waals surface area contributed by atoms with E-state index >= 15 is 0 Å². The highest BCUT2D eigenvalue weighted by Crippen LogP contribution is 2.04. The highest BCUT2D eigenvalue weighted by molar-refractivity contribution is 5.40. The third kappa shape index (κ3) is 0.500. The lowest BCUT2D eigenvalue weighted by molar-refractivity contribution is 0.905. The minimum absolute atomic E-state index is 0.787. The molecule has 0 aliphatic carbocycles. The Kier molecular flexibility index (Phi) is 0.887. The Balaban J connectivity index is 2.88. The third-order valence-electron chi connectivity index (χ3n) is 1.45. The predicted octanol–water partition coefficient (Wildman–Crippen LogP) is 1.27. The number of nitrogens with zero attached hydrogens (tertiary/aromatic N) is 3. The lowest BCUT2D eigenvalue weighted by atomic mass is 10.6. The average molecular weight is 135 g/mol. The SMILES string of the molecule is O=Nn1ccn2cccc12. The minimum Gasteiger partial charge on any atom is -0.307 e. The Morgan fingerprint density at radius 2 is 2.20 bits per heavy atom. The Bertz CT molecular complexity index is 360. The highest BCUT2D eigenvalue weighted by Gasteiger charge is 1.96. The van der Waals surface area contributed by atoms with Crippen molar-refractivity contribution in [3.05, 3.63) is 35.6 Å². The molecule has 2 heterocycles. The molecule has 0 N–H and O–H groups in total. The largest absolute Gasteiger partial charge is 0.307 e. The maximum Gasteiger partial charge on any atom is 0.141 e. The van der Waals surface area contributed by atoms with Crippen LogP contribution < -0.4 is 0 Å². The van der Waals surface area contributed by atoms with Gasteiger partial charge in [0.15, 0.2) is 0 Å². The summed E-state index contributed by atoms with van der Waals surface area (Å²) in [4.78, 5) is 10.1. The van der Waals surface area contributed by atoms with Crippen molar-refractivity contribution in [2.45, 2.75) is 0 Å². The van der Waals surface area contributed by atoms with Gasteiger partial charge in [-0.3, -0.25) is 0 Å². The fourth-order valence-electron chi connectivity index (χ4n) is 0.985. The van der Waals surface area contributed by atoms with Gasteiger partial charge in [0.25, 0.3) is 0 Å². The lowest BCUT2D eigenvalue weighted by Gasteiger charge is -1.83. The first-order valence-electron chi connectivity index (χ1n) is 2.89. The van der Waals surface area contributed by atoms with E-state index in [0.717, 1.165) is 5.65 Å². The molecule has 4 nitrogen and oxygen atoms in total.